The quantitative estimate of drug-likeness (QED) is 0.853. The van der Waals surface area contributed by atoms with Gasteiger partial charge in [-0.25, -0.2) is 0 Å². The molecule has 0 fully saturated rings. The van der Waals surface area contributed by atoms with Crippen LogP contribution in [-0.4, -0.2) is 21.2 Å². The molecule has 0 spiro atoms. The zero-order valence-corrected chi connectivity index (χ0v) is 15.5. The van der Waals surface area contributed by atoms with E-state index in [1.165, 1.54) is 0 Å². The molecule has 0 bridgehead atoms. The molecule has 2 aromatic carbocycles. The standard InChI is InChI=1S/C19H22N2O3S/c1-13-7-8-14(2)19(11-13)25(22,23)21-20-18-6-4-5-15-12-16(24-3)9-10-17(15)18/h7-12,21H,4-6H2,1-3H3. The summed E-state index contributed by atoms with van der Waals surface area (Å²) < 4.78 is 30.5. The van der Waals surface area contributed by atoms with Crippen LogP contribution in [0.3, 0.4) is 0 Å². The summed E-state index contributed by atoms with van der Waals surface area (Å²) >= 11 is 0. The van der Waals surface area contributed by atoms with Gasteiger partial charge in [-0.3, -0.25) is 0 Å². The Morgan fingerprint density at radius 3 is 2.64 bits per heavy atom. The van der Waals surface area contributed by atoms with Crippen LogP contribution in [0.2, 0.25) is 0 Å². The van der Waals surface area contributed by atoms with Crippen molar-refractivity contribution < 1.29 is 13.2 Å². The molecule has 3 rings (SSSR count). The van der Waals surface area contributed by atoms with Gasteiger partial charge in [0.15, 0.2) is 0 Å². The molecule has 0 atom stereocenters. The first-order chi connectivity index (χ1) is 11.9. The van der Waals surface area contributed by atoms with Gasteiger partial charge in [0.25, 0.3) is 10.0 Å². The largest absolute Gasteiger partial charge is 0.497 e. The second-order valence-electron chi connectivity index (χ2n) is 6.30. The Labute approximate surface area is 148 Å². The van der Waals surface area contributed by atoms with E-state index in [-0.39, 0.29) is 4.90 Å². The third kappa shape index (κ3) is 3.69. The Morgan fingerprint density at radius 1 is 1.08 bits per heavy atom. The normalized spacial score (nSPS) is 15.7. The van der Waals surface area contributed by atoms with Gasteiger partial charge in [-0.15, -0.1) is 0 Å². The number of hydrazone groups is 1. The number of nitrogens with one attached hydrogen (secondary N) is 1. The molecule has 0 amide bonds. The summed E-state index contributed by atoms with van der Waals surface area (Å²) in [5.74, 6) is 0.802. The van der Waals surface area contributed by atoms with Crippen molar-refractivity contribution >= 4 is 15.7 Å². The molecular weight excluding hydrogens is 336 g/mol. The maximum absolute atomic E-state index is 12.6. The van der Waals surface area contributed by atoms with Gasteiger partial charge in [-0.2, -0.15) is 18.4 Å². The number of nitrogens with zero attached hydrogens (tertiary/aromatic N) is 1. The number of rotatable bonds is 4. The Kier molecular flexibility index (Phi) is 4.81. The average Bonchev–Trinajstić information content (AvgIpc) is 2.61. The van der Waals surface area contributed by atoms with Gasteiger partial charge in [-0.1, -0.05) is 12.1 Å². The van der Waals surface area contributed by atoms with Crippen LogP contribution in [0.25, 0.3) is 0 Å². The van der Waals surface area contributed by atoms with Crippen LogP contribution in [0.4, 0.5) is 0 Å². The highest BCUT2D eigenvalue weighted by molar-refractivity contribution is 7.89. The minimum atomic E-state index is -3.69. The van der Waals surface area contributed by atoms with Crippen molar-refractivity contribution in [3.05, 3.63) is 58.7 Å². The third-order valence-corrected chi connectivity index (χ3v) is 5.77. The number of aryl methyl sites for hydroxylation is 3. The van der Waals surface area contributed by atoms with Crippen molar-refractivity contribution in [2.75, 3.05) is 7.11 Å². The van der Waals surface area contributed by atoms with Crippen molar-refractivity contribution in [2.24, 2.45) is 5.10 Å². The van der Waals surface area contributed by atoms with Crippen LogP contribution in [-0.2, 0) is 16.4 Å². The fourth-order valence-corrected chi connectivity index (χ4v) is 4.21. The summed E-state index contributed by atoms with van der Waals surface area (Å²) in [7, 11) is -2.05. The van der Waals surface area contributed by atoms with Crippen LogP contribution >= 0.6 is 0 Å². The zero-order chi connectivity index (χ0) is 18.0. The van der Waals surface area contributed by atoms with Gasteiger partial charge in [0.05, 0.1) is 17.7 Å². The van der Waals surface area contributed by atoms with E-state index >= 15 is 0 Å². The summed E-state index contributed by atoms with van der Waals surface area (Å²) in [6.45, 7) is 3.65. The first-order valence-corrected chi connectivity index (χ1v) is 9.72. The Balaban J connectivity index is 1.91. The Morgan fingerprint density at radius 2 is 1.88 bits per heavy atom. The van der Waals surface area contributed by atoms with Crippen molar-refractivity contribution in [2.45, 2.75) is 38.0 Å². The molecule has 0 unspecified atom stereocenters. The lowest BCUT2D eigenvalue weighted by Gasteiger charge is -2.19. The molecule has 1 aliphatic rings. The van der Waals surface area contributed by atoms with Crippen LogP contribution < -0.4 is 9.57 Å². The number of methoxy groups -OCH3 is 1. The summed E-state index contributed by atoms with van der Waals surface area (Å²) in [4.78, 5) is 2.68. The highest BCUT2D eigenvalue weighted by Crippen LogP contribution is 2.26. The Hall–Kier alpha value is -2.34. The van der Waals surface area contributed by atoms with E-state index < -0.39 is 10.0 Å². The second kappa shape index (κ2) is 6.88. The topological polar surface area (TPSA) is 67.8 Å². The van der Waals surface area contributed by atoms with Gasteiger partial charge in [-0.05, 0) is 74.1 Å². The van der Waals surface area contributed by atoms with Crippen LogP contribution in [0.1, 0.15) is 35.1 Å². The van der Waals surface area contributed by atoms with Crippen LogP contribution in [0.5, 0.6) is 5.75 Å². The molecule has 0 saturated carbocycles. The van der Waals surface area contributed by atoms with Crippen molar-refractivity contribution in [1.82, 2.24) is 4.83 Å². The SMILES string of the molecule is COc1ccc2c(c1)CCCC2=NNS(=O)(=O)c1cc(C)ccc1C. The molecule has 1 aliphatic carbocycles. The maximum Gasteiger partial charge on any atom is 0.276 e. The lowest BCUT2D eigenvalue weighted by molar-refractivity contribution is 0.414. The first-order valence-electron chi connectivity index (χ1n) is 8.23. The van der Waals surface area contributed by atoms with Gasteiger partial charge in [0, 0.05) is 5.56 Å². The highest BCUT2D eigenvalue weighted by Gasteiger charge is 2.19. The van der Waals surface area contributed by atoms with E-state index in [1.807, 2.05) is 31.2 Å². The molecule has 1 N–H and O–H groups in total. The van der Waals surface area contributed by atoms with Gasteiger partial charge < -0.3 is 4.74 Å². The summed E-state index contributed by atoms with van der Waals surface area (Å²) in [6, 6.07) is 11.2. The zero-order valence-electron chi connectivity index (χ0n) is 14.7. The number of benzene rings is 2. The fraction of sp³-hybridized carbons (Fsp3) is 0.316. The Bertz CT molecular complexity index is 934. The molecule has 132 valence electrons. The number of ether oxygens (including phenoxy) is 1. The summed E-state index contributed by atoms with van der Waals surface area (Å²) in [5, 5.41) is 4.24. The predicted octanol–water partition coefficient (Wildman–Crippen LogP) is 3.33. The molecule has 6 heteroatoms. The van der Waals surface area contributed by atoms with E-state index in [4.69, 9.17) is 4.74 Å². The third-order valence-electron chi connectivity index (χ3n) is 4.42. The first kappa shape index (κ1) is 17.5. The molecule has 0 radical (unpaired) electrons. The van der Waals surface area contributed by atoms with Crippen molar-refractivity contribution in [3.8, 4) is 5.75 Å². The minimum Gasteiger partial charge on any atom is -0.497 e. The van der Waals surface area contributed by atoms with E-state index in [2.05, 4.69) is 9.93 Å². The van der Waals surface area contributed by atoms with Crippen molar-refractivity contribution in [3.63, 3.8) is 0 Å². The van der Waals surface area contributed by atoms with Crippen LogP contribution in [0.15, 0.2) is 46.4 Å². The fourth-order valence-electron chi connectivity index (χ4n) is 3.04. The smallest absolute Gasteiger partial charge is 0.276 e. The van der Waals surface area contributed by atoms with Gasteiger partial charge in [0.2, 0.25) is 0 Å². The number of hydrogen-bond donors (Lipinski definition) is 1. The molecule has 25 heavy (non-hydrogen) atoms. The maximum atomic E-state index is 12.6. The molecule has 0 saturated heterocycles. The van der Waals surface area contributed by atoms with Gasteiger partial charge in [0.1, 0.15) is 5.75 Å². The lowest BCUT2D eigenvalue weighted by Crippen LogP contribution is -2.23. The average molecular weight is 358 g/mol. The lowest BCUT2D eigenvalue weighted by atomic mass is 9.90. The highest BCUT2D eigenvalue weighted by atomic mass is 32.2. The number of hydrogen-bond acceptors (Lipinski definition) is 4. The molecular formula is C19H22N2O3S. The predicted molar refractivity (Wildman–Crippen MR) is 98.7 cm³/mol. The molecule has 0 heterocycles. The van der Waals surface area contributed by atoms with E-state index in [0.29, 0.717) is 5.56 Å². The molecule has 5 nitrogen and oxygen atoms in total. The number of fused-ring (bicyclic) bond motifs is 1. The summed E-state index contributed by atoms with van der Waals surface area (Å²) in [5.41, 5.74) is 4.48. The van der Waals surface area contributed by atoms with E-state index in [1.54, 1.807) is 26.2 Å². The summed E-state index contributed by atoms with van der Waals surface area (Å²) in [6.07, 6.45) is 2.62. The van der Waals surface area contributed by atoms with E-state index in [0.717, 1.165) is 47.4 Å². The van der Waals surface area contributed by atoms with Gasteiger partial charge >= 0.3 is 0 Å². The van der Waals surface area contributed by atoms with Crippen LogP contribution in [0, 0.1) is 13.8 Å². The van der Waals surface area contributed by atoms with E-state index in [9.17, 15) is 8.42 Å². The second-order valence-corrected chi connectivity index (χ2v) is 7.93. The molecule has 2 aromatic rings. The monoisotopic (exact) mass is 358 g/mol. The number of sulfonamides is 1. The molecule has 0 aliphatic heterocycles. The van der Waals surface area contributed by atoms with Crippen molar-refractivity contribution in [1.29, 1.82) is 0 Å². The minimum absolute atomic E-state index is 0.266. The molecule has 0 aromatic heterocycles.